The molecule has 0 aromatic heterocycles. The molecule has 0 fully saturated rings. The van der Waals surface area contributed by atoms with Crippen LogP contribution < -0.4 is 4.74 Å². The predicted octanol–water partition coefficient (Wildman–Crippen LogP) is 3.76. The zero-order valence-electron chi connectivity index (χ0n) is 12.2. The van der Waals surface area contributed by atoms with Crippen molar-refractivity contribution < 1.29 is 9.53 Å². The van der Waals surface area contributed by atoms with E-state index in [4.69, 9.17) is 4.74 Å². The first-order valence-electron chi connectivity index (χ1n) is 6.75. The van der Waals surface area contributed by atoms with Crippen molar-refractivity contribution in [3.05, 3.63) is 65.2 Å². The van der Waals surface area contributed by atoms with Crippen molar-refractivity contribution in [2.75, 3.05) is 7.11 Å². The second-order valence-electron chi connectivity index (χ2n) is 5.42. The van der Waals surface area contributed by atoms with Crippen LogP contribution in [0.5, 0.6) is 5.75 Å². The Balaban J connectivity index is 2.29. The van der Waals surface area contributed by atoms with Crippen LogP contribution in [0.4, 0.5) is 0 Å². The monoisotopic (exact) mass is 268 g/mol. The van der Waals surface area contributed by atoms with Crippen LogP contribution in [0.1, 0.15) is 30.5 Å². The van der Waals surface area contributed by atoms with Crippen molar-refractivity contribution in [2.24, 2.45) is 0 Å². The number of carbonyl (C=O) groups is 1. The van der Waals surface area contributed by atoms with Gasteiger partial charge in [-0.2, -0.15) is 0 Å². The summed E-state index contributed by atoms with van der Waals surface area (Å²) in [6, 6.07) is 16.4. The van der Waals surface area contributed by atoms with Crippen LogP contribution >= 0.6 is 0 Å². The molecule has 2 aromatic carbocycles. The molecule has 0 aliphatic carbocycles. The topological polar surface area (TPSA) is 26.3 Å². The summed E-state index contributed by atoms with van der Waals surface area (Å²) in [6.45, 7) is 4.40. The number of methoxy groups -OCH3 is 1. The number of rotatable bonds is 5. The molecular weight excluding hydrogens is 248 g/mol. The third kappa shape index (κ3) is 2.90. The van der Waals surface area contributed by atoms with E-state index in [1.807, 2.05) is 24.3 Å². The standard InChI is InChI=1S/C18H20O2/c1-18(2,16-8-10-17(20-3)11-9-16)15-6-4-14(5-7-15)12-13-19/h4-11,13H,12H2,1-3H3. The van der Waals surface area contributed by atoms with Gasteiger partial charge in [-0.3, -0.25) is 0 Å². The van der Waals surface area contributed by atoms with Gasteiger partial charge in [-0.05, 0) is 28.8 Å². The van der Waals surface area contributed by atoms with Crippen molar-refractivity contribution in [1.82, 2.24) is 0 Å². The number of hydrogen-bond donors (Lipinski definition) is 0. The number of hydrogen-bond acceptors (Lipinski definition) is 2. The SMILES string of the molecule is COc1ccc(C(C)(C)c2ccc(CC=O)cc2)cc1. The lowest BCUT2D eigenvalue weighted by molar-refractivity contribution is -0.107. The fraction of sp³-hybridized carbons (Fsp3) is 0.278. The first-order valence-corrected chi connectivity index (χ1v) is 6.75. The first-order chi connectivity index (χ1) is 9.57. The van der Waals surface area contributed by atoms with Gasteiger partial charge >= 0.3 is 0 Å². The number of aldehydes is 1. The molecule has 20 heavy (non-hydrogen) atoms. The Morgan fingerprint density at radius 2 is 1.45 bits per heavy atom. The van der Waals surface area contributed by atoms with Crippen molar-refractivity contribution >= 4 is 6.29 Å². The maximum Gasteiger partial charge on any atom is 0.124 e. The normalized spacial score (nSPS) is 11.2. The average molecular weight is 268 g/mol. The molecule has 0 unspecified atom stereocenters. The maximum absolute atomic E-state index is 10.5. The molecule has 0 amide bonds. The van der Waals surface area contributed by atoms with Crippen LogP contribution in [0.2, 0.25) is 0 Å². The van der Waals surface area contributed by atoms with E-state index in [0.717, 1.165) is 17.6 Å². The molecule has 2 rings (SSSR count). The zero-order valence-corrected chi connectivity index (χ0v) is 12.2. The Kier molecular flexibility index (Phi) is 4.23. The summed E-state index contributed by atoms with van der Waals surface area (Å²) < 4.78 is 5.20. The van der Waals surface area contributed by atoms with E-state index in [1.54, 1.807) is 7.11 Å². The fourth-order valence-electron chi connectivity index (χ4n) is 2.33. The van der Waals surface area contributed by atoms with Crippen LogP contribution in [0.25, 0.3) is 0 Å². The molecule has 0 atom stereocenters. The van der Waals surface area contributed by atoms with Crippen LogP contribution in [-0.2, 0) is 16.6 Å². The van der Waals surface area contributed by atoms with E-state index in [9.17, 15) is 4.79 Å². The molecule has 0 aliphatic rings. The highest BCUT2D eigenvalue weighted by Crippen LogP contribution is 2.32. The molecule has 2 aromatic rings. The predicted molar refractivity (Wildman–Crippen MR) is 81.3 cm³/mol. The van der Waals surface area contributed by atoms with Crippen LogP contribution in [0.3, 0.4) is 0 Å². The maximum atomic E-state index is 10.5. The summed E-state index contributed by atoms with van der Waals surface area (Å²) in [5.41, 5.74) is 3.44. The summed E-state index contributed by atoms with van der Waals surface area (Å²) in [7, 11) is 1.67. The Hall–Kier alpha value is -2.09. The molecule has 0 heterocycles. The van der Waals surface area contributed by atoms with Crippen molar-refractivity contribution in [3.63, 3.8) is 0 Å². The van der Waals surface area contributed by atoms with Crippen LogP contribution in [0.15, 0.2) is 48.5 Å². The highest BCUT2D eigenvalue weighted by atomic mass is 16.5. The molecule has 0 radical (unpaired) electrons. The summed E-state index contributed by atoms with van der Waals surface area (Å²) in [4.78, 5) is 10.5. The quantitative estimate of drug-likeness (QED) is 0.772. The average Bonchev–Trinajstić information content (AvgIpc) is 2.48. The van der Waals surface area contributed by atoms with Gasteiger partial charge in [-0.1, -0.05) is 50.2 Å². The molecular formula is C18H20O2. The fourth-order valence-corrected chi connectivity index (χ4v) is 2.33. The van der Waals surface area contributed by atoms with E-state index in [1.165, 1.54) is 11.1 Å². The number of benzene rings is 2. The van der Waals surface area contributed by atoms with Crippen molar-refractivity contribution in [1.29, 1.82) is 0 Å². The minimum absolute atomic E-state index is 0.0774. The third-order valence-corrected chi connectivity index (χ3v) is 3.81. The number of ether oxygens (including phenoxy) is 1. The van der Waals surface area contributed by atoms with Crippen LogP contribution in [0, 0.1) is 0 Å². The van der Waals surface area contributed by atoms with Gasteiger partial charge in [0.1, 0.15) is 12.0 Å². The van der Waals surface area contributed by atoms with E-state index in [2.05, 4.69) is 38.1 Å². The minimum Gasteiger partial charge on any atom is -0.497 e. The van der Waals surface area contributed by atoms with Gasteiger partial charge in [-0.25, -0.2) is 0 Å². The summed E-state index contributed by atoms with van der Waals surface area (Å²) in [6.07, 6.45) is 1.41. The Morgan fingerprint density at radius 3 is 1.90 bits per heavy atom. The summed E-state index contributed by atoms with van der Waals surface area (Å²) >= 11 is 0. The molecule has 0 saturated carbocycles. The lowest BCUT2D eigenvalue weighted by atomic mass is 9.78. The van der Waals surface area contributed by atoms with E-state index in [-0.39, 0.29) is 5.41 Å². The van der Waals surface area contributed by atoms with Gasteiger partial charge in [-0.15, -0.1) is 0 Å². The van der Waals surface area contributed by atoms with Gasteiger partial charge in [0, 0.05) is 11.8 Å². The second-order valence-corrected chi connectivity index (χ2v) is 5.42. The molecule has 0 saturated heterocycles. The number of carbonyl (C=O) groups excluding carboxylic acids is 1. The van der Waals surface area contributed by atoms with Gasteiger partial charge in [0.2, 0.25) is 0 Å². The first kappa shape index (κ1) is 14.3. The van der Waals surface area contributed by atoms with E-state index >= 15 is 0 Å². The van der Waals surface area contributed by atoms with Gasteiger partial charge in [0.15, 0.2) is 0 Å². The molecule has 0 N–H and O–H groups in total. The largest absolute Gasteiger partial charge is 0.497 e. The lowest BCUT2D eigenvalue weighted by Crippen LogP contribution is -2.18. The van der Waals surface area contributed by atoms with Gasteiger partial charge in [0.05, 0.1) is 7.11 Å². The van der Waals surface area contributed by atoms with E-state index in [0.29, 0.717) is 6.42 Å². The molecule has 0 spiro atoms. The Labute approximate surface area is 120 Å². The Bertz CT molecular complexity index is 565. The van der Waals surface area contributed by atoms with Crippen LogP contribution in [-0.4, -0.2) is 13.4 Å². The van der Waals surface area contributed by atoms with E-state index < -0.39 is 0 Å². The minimum atomic E-state index is -0.0774. The molecule has 2 heteroatoms. The summed E-state index contributed by atoms with van der Waals surface area (Å²) in [5.74, 6) is 0.867. The lowest BCUT2D eigenvalue weighted by Gasteiger charge is -2.26. The van der Waals surface area contributed by atoms with Gasteiger partial charge < -0.3 is 9.53 Å². The second kappa shape index (κ2) is 5.91. The highest BCUT2D eigenvalue weighted by Gasteiger charge is 2.22. The van der Waals surface area contributed by atoms with Crippen molar-refractivity contribution in [3.8, 4) is 5.75 Å². The van der Waals surface area contributed by atoms with Crippen molar-refractivity contribution in [2.45, 2.75) is 25.7 Å². The highest BCUT2D eigenvalue weighted by molar-refractivity contribution is 5.55. The molecule has 2 nitrogen and oxygen atoms in total. The zero-order chi connectivity index (χ0) is 14.6. The summed E-state index contributed by atoms with van der Waals surface area (Å²) in [5, 5.41) is 0. The van der Waals surface area contributed by atoms with Gasteiger partial charge in [0.25, 0.3) is 0 Å². The Morgan fingerprint density at radius 1 is 0.950 bits per heavy atom. The smallest absolute Gasteiger partial charge is 0.124 e. The molecule has 0 aliphatic heterocycles. The third-order valence-electron chi connectivity index (χ3n) is 3.81. The molecule has 104 valence electrons. The molecule has 0 bridgehead atoms.